The van der Waals surface area contributed by atoms with Crippen LogP contribution in [0.3, 0.4) is 0 Å². The van der Waals surface area contributed by atoms with Crippen molar-refractivity contribution in [2.45, 2.75) is 116 Å². The highest BCUT2D eigenvalue weighted by molar-refractivity contribution is 5.73. The number of nitrogens with zero attached hydrogens (tertiary/aromatic N) is 4. The number of likely N-dealkylation sites (tertiary alicyclic amines) is 2. The Kier molecular flexibility index (Phi) is 7.65. The van der Waals surface area contributed by atoms with Gasteiger partial charge in [-0.3, -0.25) is 9.80 Å². The van der Waals surface area contributed by atoms with Crippen LogP contribution < -0.4 is 0 Å². The van der Waals surface area contributed by atoms with Crippen LogP contribution in [0.15, 0.2) is 54.7 Å². The Hall–Kier alpha value is -4.60. The van der Waals surface area contributed by atoms with Crippen LogP contribution in [-0.2, 0) is 9.47 Å². The Morgan fingerprint density at radius 2 is 1.22 bits per heavy atom. The molecule has 2 aliphatic carbocycles. The van der Waals surface area contributed by atoms with Gasteiger partial charge in [-0.2, -0.15) is 0 Å². The van der Waals surface area contributed by atoms with Crippen molar-refractivity contribution in [3.8, 4) is 33.6 Å². The van der Waals surface area contributed by atoms with E-state index in [-0.39, 0.29) is 36.4 Å². The molecule has 4 heterocycles. The number of carbonyl (C=O) groups is 2. The lowest BCUT2D eigenvalue weighted by molar-refractivity contribution is 0.00472. The zero-order valence-electron chi connectivity index (χ0n) is 30.1. The minimum absolute atomic E-state index is 0.0954. The Bertz CT molecular complexity index is 1910. The molecule has 10 nitrogen and oxygen atoms in total. The van der Waals surface area contributed by atoms with Crippen LogP contribution in [0.1, 0.15) is 103 Å². The number of aryl methyl sites for hydroxylation is 1. The number of ether oxygens (including phenoxy) is 2. The first-order valence-electron chi connectivity index (χ1n) is 18.1. The third kappa shape index (κ3) is 6.07. The quantitative estimate of drug-likeness (QED) is 0.218. The van der Waals surface area contributed by atoms with E-state index < -0.39 is 11.2 Å². The number of aromatic nitrogens is 4. The summed E-state index contributed by atoms with van der Waals surface area (Å²) in [5.41, 5.74) is 6.04. The van der Waals surface area contributed by atoms with Gasteiger partial charge in [0.25, 0.3) is 0 Å². The molecule has 0 radical (unpaired) electrons. The van der Waals surface area contributed by atoms with Gasteiger partial charge in [0.05, 0.1) is 29.7 Å². The van der Waals surface area contributed by atoms with Crippen molar-refractivity contribution in [3.05, 3.63) is 72.1 Å². The van der Waals surface area contributed by atoms with Gasteiger partial charge in [-0.25, -0.2) is 19.6 Å². The second-order valence-electron chi connectivity index (χ2n) is 16.7. The smallest absolute Gasteiger partial charge is 0.411 e. The van der Waals surface area contributed by atoms with E-state index in [4.69, 9.17) is 19.4 Å². The number of piperidine rings is 1. The van der Waals surface area contributed by atoms with E-state index in [1.165, 1.54) is 0 Å². The molecule has 2 saturated heterocycles. The highest BCUT2D eigenvalue weighted by Crippen LogP contribution is 2.54. The number of benzene rings is 2. The molecule has 0 bridgehead atoms. The lowest BCUT2D eigenvalue weighted by atomic mass is 9.80. The molecule has 262 valence electrons. The standard InChI is InChI=1S/C40H48N6O4/c1-22-34(44-36(42-22)33-20-28-19-31(28)46(33)38(48)50-40(5,6)7)26-14-10-24(11-15-26)23-8-12-25(13-9-23)29-21-41-35(43-29)32-18-27-16-17-30(27)45(32)37(47)49-39(2,3)4/h8-15,21,27-28,30-33H,16-20H2,1-7H3,(H,41,43)(H,42,44)/t27?,28?,30-,31?,32+,33+/m1/s1. The predicted molar refractivity (Wildman–Crippen MR) is 191 cm³/mol. The summed E-state index contributed by atoms with van der Waals surface area (Å²) >= 11 is 0. The molecule has 50 heavy (non-hydrogen) atoms. The molecule has 2 N–H and O–H groups in total. The molecule has 4 aromatic rings. The Morgan fingerprint density at radius 3 is 1.80 bits per heavy atom. The number of nitrogens with one attached hydrogen (secondary N) is 2. The van der Waals surface area contributed by atoms with Crippen LogP contribution in [0.4, 0.5) is 9.59 Å². The van der Waals surface area contributed by atoms with Crippen molar-refractivity contribution < 1.29 is 19.1 Å². The molecule has 3 unspecified atom stereocenters. The van der Waals surface area contributed by atoms with Gasteiger partial charge >= 0.3 is 12.2 Å². The second-order valence-corrected chi connectivity index (χ2v) is 16.7. The minimum atomic E-state index is -0.538. The highest BCUT2D eigenvalue weighted by atomic mass is 16.6. The van der Waals surface area contributed by atoms with Crippen molar-refractivity contribution in [2.75, 3.05) is 0 Å². The summed E-state index contributed by atoms with van der Waals surface area (Å²) in [7, 11) is 0. The molecule has 4 fully saturated rings. The van der Waals surface area contributed by atoms with E-state index in [0.29, 0.717) is 11.8 Å². The van der Waals surface area contributed by atoms with E-state index >= 15 is 0 Å². The van der Waals surface area contributed by atoms with Crippen LogP contribution in [0.2, 0.25) is 0 Å². The normalized spacial score (nSPS) is 25.6. The van der Waals surface area contributed by atoms with Crippen molar-refractivity contribution in [3.63, 3.8) is 0 Å². The first-order chi connectivity index (χ1) is 23.7. The molecule has 0 spiro atoms. The van der Waals surface area contributed by atoms with Crippen molar-refractivity contribution in [1.29, 1.82) is 0 Å². The molecule has 2 aromatic carbocycles. The molecule has 2 saturated carbocycles. The maximum atomic E-state index is 13.2. The molecule has 2 aromatic heterocycles. The van der Waals surface area contributed by atoms with Gasteiger partial charge in [-0.15, -0.1) is 0 Å². The van der Waals surface area contributed by atoms with Gasteiger partial charge in [0.2, 0.25) is 0 Å². The van der Waals surface area contributed by atoms with E-state index in [0.717, 1.165) is 83.1 Å². The van der Waals surface area contributed by atoms with Crippen LogP contribution in [0.25, 0.3) is 33.6 Å². The third-order valence-corrected chi connectivity index (χ3v) is 10.7. The van der Waals surface area contributed by atoms with Gasteiger partial charge in [0, 0.05) is 23.3 Å². The fraction of sp³-hybridized carbons (Fsp3) is 0.500. The highest BCUT2D eigenvalue weighted by Gasteiger charge is 2.56. The molecule has 2 aliphatic heterocycles. The Labute approximate surface area is 294 Å². The van der Waals surface area contributed by atoms with E-state index in [9.17, 15) is 9.59 Å². The molecule has 4 aliphatic rings. The molecule has 10 heteroatoms. The first-order valence-corrected chi connectivity index (χ1v) is 18.1. The van der Waals surface area contributed by atoms with Crippen LogP contribution >= 0.6 is 0 Å². The van der Waals surface area contributed by atoms with Gasteiger partial charge in [-0.1, -0.05) is 48.5 Å². The Morgan fingerprint density at radius 1 is 0.680 bits per heavy atom. The number of imidazole rings is 2. The molecule has 6 atom stereocenters. The summed E-state index contributed by atoms with van der Waals surface area (Å²) in [5, 5.41) is 0. The fourth-order valence-electron chi connectivity index (χ4n) is 8.16. The summed E-state index contributed by atoms with van der Waals surface area (Å²) in [6, 6.07) is 17.2. The SMILES string of the molecule is Cc1[nH]c([C@@H]2CC3CC3N2C(=O)OC(C)(C)C)nc1-c1ccc(-c2ccc(-c3cnc([C@@H]4CC5CC[C@H]5N4C(=O)OC(C)(C)C)[nH]3)cc2)cc1. The lowest BCUT2D eigenvalue weighted by Crippen LogP contribution is -2.46. The summed E-state index contributed by atoms with van der Waals surface area (Å²) in [4.78, 5) is 46.9. The zero-order chi connectivity index (χ0) is 35.1. The largest absolute Gasteiger partial charge is 0.444 e. The van der Waals surface area contributed by atoms with Crippen LogP contribution in [0.5, 0.6) is 0 Å². The van der Waals surface area contributed by atoms with Crippen LogP contribution in [0, 0.1) is 18.8 Å². The van der Waals surface area contributed by atoms with Crippen molar-refractivity contribution in [2.24, 2.45) is 11.8 Å². The summed E-state index contributed by atoms with van der Waals surface area (Å²) in [6.07, 6.45) is 6.41. The van der Waals surface area contributed by atoms with Gasteiger partial charge in [0.1, 0.15) is 22.9 Å². The monoisotopic (exact) mass is 676 g/mol. The number of H-pyrrole nitrogens is 2. The summed E-state index contributed by atoms with van der Waals surface area (Å²) < 4.78 is 11.5. The predicted octanol–water partition coefficient (Wildman–Crippen LogP) is 8.97. The first kappa shape index (κ1) is 32.6. The molecular weight excluding hydrogens is 628 g/mol. The topological polar surface area (TPSA) is 116 Å². The van der Waals surface area contributed by atoms with Gasteiger partial charge in [0.15, 0.2) is 0 Å². The van der Waals surface area contributed by atoms with Crippen LogP contribution in [-0.4, -0.2) is 65.2 Å². The van der Waals surface area contributed by atoms with E-state index in [2.05, 4.69) is 58.5 Å². The maximum Gasteiger partial charge on any atom is 0.411 e. The fourth-order valence-corrected chi connectivity index (χ4v) is 8.16. The zero-order valence-corrected chi connectivity index (χ0v) is 30.1. The number of amides is 2. The van der Waals surface area contributed by atoms with E-state index in [1.54, 1.807) is 0 Å². The third-order valence-electron chi connectivity index (χ3n) is 10.7. The molecule has 2 amide bonds. The van der Waals surface area contributed by atoms with Crippen molar-refractivity contribution in [1.82, 2.24) is 29.7 Å². The van der Waals surface area contributed by atoms with Gasteiger partial charge < -0.3 is 19.4 Å². The summed E-state index contributed by atoms with van der Waals surface area (Å²) in [6.45, 7) is 13.5. The number of hydrogen-bond acceptors (Lipinski definition) is 6. The maximum absolute atomic E-state index is 13.2. The number of hydrogen-bond donors (Lipinski definition) is 2. The Balaban J connectivity index is 0.957. The number of carbonyl (C=O) groups excluding carboxylic acids is 2. The number of fused-ring (bicyclic) bond motifs is 2. The number of rotatable bonds is 5. The van der Waals surface area contributed by atoms with E-state index in [1.807, 2.05) is 64.5 Å². The average molecular weight is 677 g/mol. The average Bonchev–Trinajstić information content (AvgIpc) is 3.38. The molecule has 8 rings (SSSR count). The second kappa shape index (κ2) is 11.7. The summed E-state index contributed by atoms with van der Waals surface area (Å²) in [5.74, 6) is 2.69. The van der Waals surface area contributed by atoms with Gasteiger partial charge in [-0.05, 0) is 109 Å². The molecular formula is C40H48N6O4. The number of aromatic amines is 2. The van der Waals surface area contributed by atoms with Crippen molar-refractivity contribution >= 4 is 12.2 Å². The lowest BCUT2D eigenvalue weighted by Gasteiger charge is -2.37. The minimum Gasteiger partial charge on any atom is -0.444 e.